The van der Waals surface area contributed by atoms with E-state index in [2.05, 4.69) is 33.3 Å². The molecule has 0 N–H and O–H groups in total. The summed E-state index contributed by atoms with van der Waals surface area (Å²) < 4.78 is 0. The Morgan fingerprint density at radius 2 is 1.85 bits per heavy atom. The largest absolute Gasteiger partial charge is 0.352 e. The van der Waals surface area contributed by atoms with Crippen LogP contribution in [0.4, 0.5) is 11.5 Å². The van der Waals surface area contributed by atoms with Gasteiger partial charge in [0.25, 0.3) is 5.69 Å². The molecule has 0 spiro atoms. The van der Waals surface area contributed by atoms with Crippen molar-refractivity contribution in [1.82, 2.24) is 15.0 Å². The maximum Gasteiger partial charge on any atom is 0.269 e. The van der Waals surface area contributed by atoms with Gasteiger partial charge in [0.1, 0.15) is 6.07 Å². The van der Waals surface area contributed by atoms with Gasteiger partial charge in [0.05, 0.1) is 10.6 Å². The molecule has 1 aliphatic heterocycles. The van der Waals surface area contributed by atoms with E-state index < -0.39 is 4.92 Å². The molecule has 2 aromatic carbocycles. The molecule has 4 rings (SSSR count). The number of nitro benzene ring substituents is 1. The number of anilines is 1. The molecular formula is C19H16N6O2. The second-order valence-electron chi connectivity index (χ2n) is 6.39. The van der Waals surface area contributed by atoms with Crippen LogP contribution < -0.4 is 4.90 Å². The van der Waals surface area contributed by atoms with Crippen LogP contribution in [0.15, 0.2) is 54.6 Å². The fourth-order valence-electron chi connectivity index (χ4n) is 3.36. The quantitative estimate of drug-likeness (QED) is 0.523. The summed E-state index contributed by atoms with van der Waals surface area (Å²) in [6, 6.07) is 18.3. The van der Waals surface area contributed by atoms with Crippen molar-refractivity contribution in [3.8, 4) is 11.8 Å². The molecule has 0 bridgehead atoms. The van der Waals surface area contributed by atoms with Crippen molar-refractivity contribution in [1.29, 1.82) is 5.26 Å². The SMILES string of the molecule is N#Cc1nn(-c2ccc([N+](=O)[O-])cc2)nc1N1CC[C@H](c2ccccc2)C1. The number of hydrogen-bond acceptors (Lipinski definition) is 6. The predicted molar refractivity (Wildman–Crippen MR) is 98.7 cm³/mol. The van der Waals surface area contributed by atoms with E-state index in [4.69, 9.17) is 0 Å². The monoisotopic (exact) mass is 360 g/mol. The summed E-state index contributed by atoms with van der Waals surface area (Å²) in [6.45, 7) is 1.57. The van der Waals surface area contributed by atoms with Crippen molar-refractivity contribution < 1.29 is 4.92 Å². The van der Waals surface area contributed by atoms with Crippen LogP contribution in [0.2, 0.25) is 0 Å². The number of nitrogens with zero attached hydrogens (tertiary/aromatic N) is 6. The highest BCUT2D eigenvalue weighted by molar-refractivity contribution is 5.52. The summed E-state index contributed by atoms with van der Waals surface area (Å²) in [5, 5.41) is 29.0. The van der Waals surface area contributed by atoms with Gasteiger partial charge < -0.3 is 4.90 Å². The normalized spacial score (nSPS) is 16.3. The minimum absolute atomic E-state index is 0.00289. The lowest BCUT2D eigenvalue weighted by molar-refractivity contribution is -0.384. The first kappa shape index (κ1) is 16.7. The molecule has 1 saturated heterocycles. The highest BCUT2D eigenvalue weighted by Crippen LogP contribution is 2.31. The van der Waals surface area contributed by atoms with Gasteiger partial charge in [-0.3, -0.25) is 10.1 Å². The topological polar surface area (TPSA) is 101 Å². The van der Waals surface area contributed by atoms with Crippen molar-refractivity contribution >= 4 is 11.5 Å². The van der Waals surface area contributed by atoms with E-state index in [1.54, 1.807) is 12.1 Å². The summed E-state index contributed by atoms with van der Waals surface area (Å²) in [4.78, 5) is 13.8. The van der Waals surface area contributed by atoms with Crippen LogP contribution >= 0.6 is 0 Å². The van der Waals surface area contributed by atoms with E-state index in [1.807, 2.05) is 18.2 Å². The molecule has 1 atom stereocenters. The lowest BCUT2D eigenvalue weighted by atomic mass is 9.99. The summed E-state index contributed by atoms with van der Waals surface area (Å²) in [5.41, 5.74) is 2.10. The van der Waals surface area contributed by atoms with Crippen LogP contribution in [0.1, 0.15) is 23.6 Å². The minimum atomic E-state index is -0.458. The molecule has 1 aromatic heterocycles. The van der Waals surface area contributed by atoms with E-state index in [-0.39, 0.29) is 11.4 Å². The van der Waals surface area contributed by atoms with Gasteiger partial charge in [-0.2, -0.15) is 5.26 Å². The molecule has 0 amide bonds. The van der Waals surface area contributed by atoms with Crippen molar-refractivity contribution in [3.05, 3.63) is 76.0 Å². The first-order chi connectivity index (χ1) is 13.2. The zero-order valence-corrected chi connectivity index (χ0v) is 14.4. The van der Waals surface area contributed by atoms with E-state index >= 15 is 0 Å². The number of hydrogen-bond donors (Lipinski definition) is 0. The molecule has 1 fully saturated rings. The average Bonchev–Trinajstić information content (AvgIpc) is 3.35. The highest BCUT2D eigenvalue weighted by atomic mass is 16.6. The van der Waals surface area contributed by atoms with Crippen LogP contribution in [-0.4, -0.2) is 33.0 Å². The van der Waals surface area contributed by atoms with E-state index in [9.17, 15) is 15.4 Å². The van der Waals surface area contributed by atoms with E-state index in [1.165, 1.54) is 22.5 Å². The molecule has 1 aliphatic rings. The molecule has 2 heterocycles. The van der Waals surface area contributed by atoms with Crippen molar-refractivity contribution in [2.24, 2.45) is 0 Å². The Balaban J connectivity index is 1.59. The van der Waals surface area contributed by atoms with Gasteiger partial charge in [-0.1, -0.05) is 30.3 Å². The summed E-state index contributed by atoms with van der Waals surface area (Å²) >= 11 is 0. The summed E-state index contributed by atoms with van der Waals surface area (Å²) in [6.07, 6.45) is 0.985. The maximum atomic E-state index is 10.8. The Kier molecular flexibility index (Phi) is 4.26. The highest BCUT2D eigenvalue weighted by Gasteiger charge is 2.28. The number of non-ortho nitro benzene ring substituents is 1. The van der Waals surface area contributed by atoms with Crippen molar-refractivity contribution in [3.63, 3.8) is 0 Å². The molecule has 134 valence electrons. The molecule has 0 radical (unpaired) electrons. The fourth-order valence-corrected chi connectivity index (χ4v) is 3.36. The Morgan fingerprint density at radius 3 is 2.52 bits per heavy atom. The second-order valence-corrected chi connectivity index (χ2v) is 6.39. The lowest BCUT2D eigenvalue weighted by Crippen LogP contribution is -2.20. The maximum absolute atomic E-state index is 10.8. The predicted octanol–water partition coefficient (Wildman–Crippen LogP) is 3.04. The van der Waals surface area contributed by atoms with Crippen molar-refractivity contribution in [2.75, 3.05) is 18.0 Å². The number of aromatic nitrogens is 3. The first-order valence-corrected chi connectivity index (χ1v) is 8.58. The van der Waals surface area contributed by atoms with Crippen LogP contribution in [0.5, 0.6) is 0 Å². The van der Waals surface area contributed by atoms with Crippen LogP contribution in [0, 0.1) is 21.4 Å². The Bertz CT molecular complexity index is 1010. The smallest absolute Gasteiger partial charge is 0.269 e. The zero-order chi connectivity index (χ0) is 18.8. The standard InChI is InChI=1S/C19H16N6O2/c20-12-18-19(23-11-10-15(13-23)14-4-2-1-3-5-14)22-24(21-18)16-6-8-17(9-7-16)25(26)27/h1-9,15H,10-11,13H2/t15-/m0/s1. The third-order valence-corrected chi connectivity index (χ3v) is 4.75. The van der Waals surface area contributed by atoms with Crippen LogP contribution in [0.3, 0.4) is 0 Å². The number of nitro groups is 1. The molecule has 0 aliphatic carbocycles. The van der Waals surface area contributed by atoms with Gasteiger partial charge in [0.2, 0.25) is 5.69 Å². The number of rotatable bonds is 4. The molecular weight excluding hydrogens is 344 g/mol. The third kappa shape index (κ3) is 3.22. The fraction of sp³-hybridized carbons (Fsp3) is 0.211. The van der Waals surface area contributed by atoms with Gasteiger partial charge in [-0.25, -0.2) is 0 Å². The molecule has 0 saturated carbocycles. The van der Waals surface area contributed by atoms with Crippen LogP contribution in [0.25, 0.3) is 5.69 Å². The lowest BCUT2D eigenvalue weighted by Gasteiger charge is -2.15. The molecule has 0 unspecified atom stereocenters. The van der Waals surface area contributed by atoms with Gasteiger partial charge in [-0.15, -0.1) is 15.0 Å². The first-order valence-electron chi connectivity index (χ1n) is 8.58. The van der Waals surface area contributed by atoms with E-state index in [0.29, 0.717) is 17.4 Å². The van der Waals surface area contributed by atoms with Gasteiger partial charge >= 0.3 is 0 Å². The van der Waals surface area contributed by atoms with E-state index in [0.717, 1.165) is 19.5 Å². The Morgan fingerprint density at radius 1 is 1.11 bits per heavy atom. The van der Waals surface area contributed by atoms with Crippen LogP contribution in [-0.2, 0) is 0 Å². The molecule has 3 aromatic rings. The summed E-state index contributed by atoms with van der Waals surface area (Å²) in [5.74, 6) is 0.941. The van der Waals surface area contributed by atoms with Crippen molar-refractivity contribution in [2.45, 2.75) is 12.3 Å². The second kappa shape index (κ2) is 6.88. The average molecular weight is 360 g/mol. The number of nitriles is 1. The molecule has 27 heavy (non-hydrogen) atoms. The van der Waals surface area contributed by atoms with Gasteiger partial charge in [0.15, 0.2) is 5.82 Å². The van der Waals surface area contributed by atoms with Gasteiger partial charge in [-0.05, 0) is 24.1 Å². The number of benzene rings is 2. The summed E-state index contributed by atoms with van der Waals surface area (Å²) in [7, 11) is 0. The minimum Gasteiger partial charge on any atom is -0.352 e. The Hall–Kier alpha value is -3.73. The third-order valence-electron chi connectivity index (χ3n) is 4.75. The zero-order valence-electron chi connectivity index (χ0n) is 14.4. The Labute approximate surface area is 155 Å². The molecule has 8 heteroatoms. The van der Waals surface area contributed by atoms with Gasteiger partial charge in [0, 0.05) is 31.1 Å². The molecule has 8 nitrogen and oxygen atoms in total.